The fraction of sp³-hybridized carbons (Fsp3) is 0.455. The van der Waals surface area contributed by atoms with Crippen molar-refractivity contribution in [3.8, 4) is 0 Å². The highest BCUT2D eigenvalue weighted by atomic mass is 35.5. The third-order valence-electron chi connectivity index (χ3n) is 3.07. The van der Waals surface area contributed by atoms with Crippen molar-refractivity contribution in [2.75, 3.05) is 0 Å². The Morgan fingerprint density at radius 3 is 2.53 bits per heavy atom. The predicted molar refractivity (Wildman–Crippen MR) is 65.8 cm³/mol. The lowest BCUT2D eigenvalue weighted by Gasteiger charge is -2.38. The Morgan fingerprint density at radius 1 is 1.53 bits per heavy atom. The van der Waals surface area contributed by atoms with Gasteiger partial charge in [-0.1, -0.05) is 11.6 Å². The number of rotatable bonds is 3. The summed E-state index contributed by atoms with van der Waals surface area (Å²) in [6.07, 6.45) is 1.79. The van der Waals surface area contributed by atoms with Crippen molar-refractivity contribution < 1.29 is 14.7 Å². The van der Waals surface area contributed by atoms with Gasteiger partial charge in [0.15, 0.2) is 0 Å². The zero-order valence-electron chi connectivity index (χ0n) is 9.25. The second-order valence-corrected chi connectivity index (χ2v) is 5.51. The van der Waals surface area contributed by atoms with Gasteiger partial charge in [-0.3, -0.25) is 4.79 Å². The Hall–Kier alpha value is -1.07. The van der Waals surface area contributed by atoms with E-state index in [4.69, 9.17) is 16.7 Å². The highest BCUT2D eigenvalue weighted by Crippen LogP contribution is 2.34. The van der Waals surface area contributed by atoms with E-state index in [1.807, 2.05) is 6.92 Å². The Morgan fingerprint density at radius 2 is 2.18 bits per heavy atom. The average Bonchev–Trinajstić information content (AvgIpc) is 2.53. The van der Waals surface area contributed by atoms with Gasteiger partial charge in [-0.05, 0) is 37.1 Å². The molecule has 4 nitrogen and oxygen atoms in total. The normalized spacial score (nSPS) is 17.3. The molecule has 0 radical (unpaired) electrons. The molecule has 6 heteroatoms. The molecule has 2 rings (SSSR count). The van der Waals surface area contributed by atoms with Crippen molar-refractivity contribution in [2.24, 2.45) is 0 Å². The first-order chi connectivity index (χ1) is 7.96. The van der Waals surface area contributed by atoms with Crippen molar-refractivity contribution in [1.29, 1.82) is 0 Å². The van der Waals surface area contributed by atoms with Crippen LogP contribution in [-0.2, 0) is 4.79 Å². The minimum absolute atomic E-state index is 0.386. The lowest BCUT2D eigenvalue weighted by molar-refractivity contribution is -0.148. The molecule has 0 unspecified atom stereocenters. The van der Waals surface area contributed by atoms with Crippen LogP contribution in [0.2, 0.25) is 5.02 Å². The standard InChI is InChI=1S/C11H12ClNO3S/c1-6-5-17-8(7(6)12)9(14)13-11(10(15)16)3-2-4-11/h5H,2-4H2,1H3,(H,13,14)(H,15,16). The molecule has 1 aromatic rings. The molecule has 1 aliphatic rings. The Labute approximate surface area is 108 Å². The Bertz CT molecular complexity index is 479. The third-order valence-corrected chi connectivity index (χ3v) is 4.77. The minimum Gasteiger partial charge on any atom is -0.480 e. The molecule has 1 aromatic heterocycles. The number of carbonyl (C=O) groups excluding carboxylic acids is 1. The van der Waals surface area contributed by atoms with Crippen LogP contribution in [0, 0.1) is 6.92 Å². The van der Waals surface area contributed by atoms with Crippen LogP contribution >= 0.6 is 22.9 Å². The van der Waals surface area contributed by atoms with E-state index in [1.165, 1.54) is 11.3 Å². The van der Waals surface area contributed by atoms with Crippen LogP contribution in [0.3, 0.4) is 0 Å². The van der Waals surface area contributed by atoms with E-state index in [1.54, 1.807) is 5.38 Å². The van der Waals surface area contributed by atoms with E-state index in [0.717, 1.165) is 12.0 Å². The molecule has 0 atom stereocenters. The van der Waals surface area contributed by atoms with Gasteiger partial charge in [0.25, 0.3) is 5.91 Å². The molecule has 0 aliphatic heterocycles. The van der Waals surface area contributed by atoms with Gasteiger partial charge in [-0.2, -0.15) is 0 Å². The average molecular weight is 274 g/mol. The largest absolute Gasteiger partial charge is 0.480 e. The summed E-state index contributed by atoms with van der Waals surface area (Å²) in [6.45, 7) is 1.81. The first kappa shape index (κ1) is 12.4. The molecule has 0 saturated heterocycles. The van der Waals surface area contributed by atoms with Crippen LogP contribution in [0.5, 0.6) is 0 Å². The summed E-state index contributed by atoms with van der Waals surface area (Å²) in [6, 6.07) is 0. The fourth-order valence-electron chi connectivity index (χ4n) is 1.78. The van der Waals surface area contributed by atoms with E-state index in [-0.39, 0.29) is 0 Å². The molecular weight excluding hydrogens is 262 g/mol. The van der Waals surface area contributed by atoms with E-state index in [0.29, 0.717) is 22.7 Å². The highest BCUT2D eigenvalue weighted by molar-refractivity contribution is 7.13. The van der Waals surface area contributed by atoms with Gasteiger partial charge in [0.05, 0.1) is 5.02 Å². The quantitative estimate of drug-likeness (QED) is 0.889. The Kier molecular flexibility index (Phi) is 3.14. The molecule has 2 N–H and O–H groups in total. The molecule has 17 heavy (non-hydrogen) atoms. The maximum atomic E-state index is 11.9. The molecule has 1 heterocycles. The van der Waals surface area contributed by atoms with Gasteiger partial charge in [0.2, 0.25) is 0 Å². The smallest absolute Gasteiger partial charge is 0.329 e. The van der Waals surface area contributed by atoms with Crippen molar-refractivity contribution >= 4 is 34.8 Å². The lowest BCUT2D eigenvalue weighted by Crippen LogP contribution is -2.59. The number of thiophene rings is 1. The van der Waals surface area contributed by atoms with E-state index in [9.17, 15) is 9.59 Å². The van der Waals surface area contributed by atoms with Gasteiger partial charge in [0.1, 0.15) is 10.4 Å². The fourth-order valence-corrected chi connectivity index (χ4v) is 2.95. The van der Waals surface area contributed by atoms with Gasteiger partial charge in [-0.25, -0.2) is 4.79 Å². The van der Waals surface area contributed by atoms with Gasteiger partial charge < -0.3 is 10.4 Å². The second-order valence-electron chi connectivity index (χ2n) is 4.26. The predicted octanol–water partition coefficient (Wildman–Crippen LogP) is 2.45. The molecular formula is C11H12ClNO3S. The number of amides is 1. The maximum absolute atomic E-state index is 11.9. The van der Waals surface area contributed by atoms with E-state index >= 15 is 0 Å². The topological polar surface area (TPSA) is 66.4 Å². The zero-order chi connectivity index (χ0) is 12.6. The summed E-state index contributed by atoms with van der Waals surface area (Å²) in [5.41, 5.74) is -0.252. The van der Waals surface area contributed by atoms with Crippen molar-refractivity contribution in [1.82, 2.24) is 5.32 Å². The van der Waals surface area contributed by atoms with Crippen LogP contribution in [0.1, 0.15) is 34.5 Å². The molecule has 0 aromatic carbocycles. The van der Waals surface area contributed by atoms with Crippen molar-refractivity contribution in [3.63, 3.8) is 0 Å². The number of carbonyl (C=O) groups is 2. The van der Waals surface area contributed by atoms with Crippen molar-refractivity contribution in [3.05, 3.63) is 20.8 Å². The number of aryl methyl sites for hydroxylation is 1. The zero-order valence-corrected chi connectivity index (χ0v) is 10.8. The maximum Gasteiger partial charge on any atom is 0.329 e. The van der Waals surface area contributed by atoms with Crippen LogP contribution in [-0.4, -0.2) is 22.5 Å². The number of aliphatic carboxylic acids is 1. The highest BCUT2D eigenvalue weighted by Gasteiger charge is 2.46. The molecule has 1 aliphatic carbocycles. The first-order valence-electron chi connectivity index (χ1n) is 5.26. The summed E-state index contributed by atoms with van der Waals surface area (Å²) in [5, 5.41) is 13.9. The SMILES string of the molecule is Cc1csc(C(=O)NC2(C(=O)O)CCC2)c1Cl. The summed E-state index contributed by atoms with van der Waals surface area (Å²) in [4.78, 5) is 23.4. The molecule has 0 spiro atoms. The Balaban J connectivity index is 2.17. The van der Waals surface area contributed by atoms with Crippen molar-refractivity contribution in [2.45, 2.75) is 31.7 Å². The van der Waals surface area contributed by atoms with Crippen LogP contribution in [0.15, 0.2) is 5.38 Å². The minimum atomic E-state index is -1.09. The molecule has 1 saturated carbocycles. The monoisotopic (exact) mass is 273 g/mol. The number of carboxylic acid groups (broad SMARTS) is 1. The molecule has 1 amide bonds. The summed E-state index contributed by atoms with van der Waals surface area (Å²) in [5.74, 6) is -1.36. The molecule has 92 valence electrons. The van der Waals surface area contributed by atoms with E-state index < -0.39 is 17.4 Å². The van der Waals surface area contributed by atoms with Crippen LogP contribution in [0.4, 0.5) is 0 Å². The number of nitrogens with one attached hydrogen (secondary N) is 1. The first-order valence-corrected chi connectivity index (χ1v) is 6.51. The number of hydrogen-bond donors (Lipinski definition) is 2. The molecule has 1 fully saturated rings. The number of carboxylic acids is 1. The van der Waals surface area contributed by atoms with Gasteiger partial charge in [-0.15, -0.1) is 11.3 Å². The third kappa shape index (κ3) is 2.05. The second kappa shape index (κ2) is 4.31. The number of hydrogen-bond acceptors (Lipinski definition) is 3. The van der Waals surface area contributed by atoms with Gasteiger partial charge >= 0.3 is 5.97 Å². The summed E-state index contributed by atoms with van der Waals surface area (Å²) in [7, 11) is 0. The van der Waals surface area contributed by atoms with Crippen LogP contribution < -0.4 is 5.32 Å². The van der Waals surface area contributed by atoms with E-state index in [2.05, 4.69) is 5.32 Å². The summed E-state index contributed by atoms with van der Waals surface area (Å²) < 4.78 is 0. The van der Waals surface area contributed by atoms with Gasteiger partial charge in [0, 0.05) is 0 Å². The number of halogens is 1. The summed E-state index contributed by atoms with van der Waals surface area (Å²) >= 11 is 7.21. The lowest BCUT2D eigenvalue weighted by atomic mass is 9.77. The molecule has 0 bridgehead atoms. The van der Waals surface area contributed by atoms with Crippen LogP contribution in [0.25, 0.3) is 0 Å².